The van der Waals surface area contributed by atoms with Crippen LogP contribution in [0.15, 0.2) is 77.8 Å². The van der Waals surface area contributed by atoms with Crippen molar-refractivity contribution in [2.24, 2.45) is 0 Å². The fraction of sp³-hybridized carbons (Fsp3) is 0.0476. The molecule has 3 rings (SSSR count). The van der Waals surface area contributed by atoms with E-state index >= 15 is 0 Å². The van der Waals surface area contributed by atoms with Crippen molar-refractivity contribution in [3.05, 3.63) is 83.5 Å². The van der Waals surface area contributed by atoms with Gasteiger partial charge in [0.25, 0.3) is 10.0 Å². The molecule has 1 N–H and O–H groups in total. The van der Waals surface area contributed by atoms with Gasteiger partial charge < -0.3 is 4.74 Å². The molecule has 0 saturated carbocycles. The molecule has 0 amide bonds. The lowest BCUT2D eigenvalue weighted by Crippen LogP contribution is -2.13. The van der Waals surface area contributed by atoms with Gasteiger partial charge in [-0.3, -0.25) is 9.71 Å². The number of sulfonamides is 1. The van der Waals surface area contributed by atoms with E-state index in [4.69, 9.17) is 11.6 Å². The number of esters is 1. The van der Waals surface area contributed by atoms with E-state index in [-0.39, 0.29) is 4.90 Å². The molecule has 2 aromatic carbocycles. The summed E-state index contributed by atoms with van der Waals surface area (Å²) in [5.41, 5.74) is 2.29. The van der Waals surface area contributed by atoms with Gasteiger partial charge in [0.1, 0.15) is 0 Å². The average molecular weight is 429 g/mol. The van der Waals surface area contributed by atoms with Crippen molar-refractivity contribution in [3.63, 3.8) is 0 Å². The molecule has 0 aliphatic carbocycles. The summed E-state index contributed by atoms with van der Waals surface area (Å²) < 4.78 is 32.5. The molecule has 29 heavy (non-hydrogen) atoms. The topological polar surface area (TPSA) is 85.4 Å². The summed E-state index contributed by atoms with van der Waals surface area (Å²) >= 11 is 6.24. The predicted molar refractivity (Wildman–Crippen MR) is 113 cm³/mol. The number of methoxy groups -OCH3 is 1. The predicted octanol–water partition coefficient (Wildman–Crippen LogP) is 4.39. The van der Waals surface area contributed by atoms with Crippen LogP contribution in [0.25, 0.3) is 17.3 Å². The lowest BCUT2D eigenvalue weighted by Gasteiger charge is -2.11. The lowest BCUT2D eigenvalue weighted by molar-refractivity contribution is -0.134. The van der Waals surface area contributed by atoms with E-state index in [1.807, 2.05) is 6.07 Å². The molecule has 0 aliphatic rings. The van der Waals surface area contributed by atoms with Crippen LogP contribution in [0, 0.1) is 0 Å². The van der Waals surface area contributed by atoms with Crippen LogP contribution in [-0.2, 0) is 19.6 Å². The zero-order valence-corrected chi connectivity index (χ0v) is 16.9. The Hall–Kier alpha value is -3.16. The average Bonchev–Trinajstić information content (AvgIpc) is 2.74. The third kappa shape index (κ3) is 5.22. The molecule has 6 nitrogen and oxygen atoms in total. The summed E-state index contributed by atoms with van der Waals surface area (Å²) in [7, 11) is -2.53. The molecule has 0 bridgehead atoms. The van der Waals surface area contributed by atoms with Gasteiger partial charge >= 0.3 is 5.97 Å². The molecule has 3 aromatic rings. The maximum atomic E-state index is 12.7. The van der Waals surface area contributed by atoms with Crippen molar-refractivity contribution in [1.29, 1.82) is 0 Å². The standard InChI is InChI=1S/C21H17ClN2O4S/c1-28-21(25)12-7-15-5-9-17(10-6-15)29(26,27)24-16-8-11-19(22)18(14-16)20-4-2-3-13-23-20/h2-14,24H,1H3/b12-7+. The number of aromatic nitrogens is 1. The number of anilines is 1. The first kappa shape index (κ1) is 20.6. The molecule has 0 atom stereocenters. The molecule has 1 heterocycles. The first-order valence-corrected chi connectivity index (χ1v) is 10.3. The Labute approximate surface area is 173 Å². The third-order valence-electron chi connectivity index (χ3n) is 3.96. The van der Waals surface area contributed by atoms with E-state index in [1.54, 1.807) is 48.7 Å². The number of halogens is 1. The number of ether oxygens (including phenoxy) is 1. The van der Waals surface area contributed by atoms with Crippen molar-refractivity contribution in [1.82, 2.24) is 4.98 Å². The number of hydrogen-bond donors (Lipinski definition) is 1. The van der Waals surface area contributed by atoms with Crippen LogP contribution in [0.3, 0.4) is 0 Å². The first-order valence-electron chi connectivity index (χ1n) is 8.49. The van der Waals surface area contributed by atoms with E-state index < -0.39 is 16.0 Å². The van der Waals surface area contributed by atoms with Crippen molar-refractivity contribution in [3.8, 4) is 11.3 Å². The van der Waals surface area contributed by atoms with Gasteiger partial charge in [-0.25, -0.2) is 13.2 Å². The number of benzene rings is 2. The zero-order valence-electron chi connectivity index (χ0n) is 15.4. The van der Waals surface area contributed by atoms with Crippen LogP contribution in [0.4, 0.5) is 5.69 Å². The molecule has 0 fully saturated rings. The summed E-state index contributed by atoms with van der Waals surface area (Å²) in [6, 6.07) is 16.3. The number of carbonyl (C=O) groups excluding carboxylic acids is 1. The van der Waals surface area contributed by atoms with Crippen molar-refractivity contribution in [2.45, 2.75) is 4.90 Å². The highest BCUT2D eigenvalue weighted by Gasteiger charge is 2.15. The number of hydrogen-bond acceptors (Lipinski definition) is 5. The summed E-state index contributed by atoms with van der Waals surface area (Å²) in [4.78, 5) is 15.5. The summed E-state index contributed by atoms with van der Waals surface area (Å²) in [5.74, 6) is -0.491. The van der Waals surface area contributed by atoms with E-state index in [1.165, 1.54) is 31.4 Å². The monoisotopic (exact) mass is 428 g/mol. The largest absolute Gasteiger partial charge is 0.466 e. The highest BCUT2D eigenvalue weighted by Crippen LogP contribution is 2.30. The third-order valence-corrected chi connectivity index (χ3v) is 5.69. The number of pyridine rings is 1. The number of rotatable bonds is 6. The van der Waals surface area contributed by atoms with Gasteiger partial charge in [0.15, 0.2) is 0 Å². The van der Waals surface area contributed by atoms with Gasteiger partial charge in [-0.1, -0.05) is 29.8 Å². The Morgan fingerprint density at radius 1 is 1.10 bits per heavy atom. The maximum absolute atomic E-state index is 12.7. The Balaban J connectivity index is 1.83. The summed E-state index contributed by atoms with van der Waals surface area (Å²) in [6.45, 7) is 0. The van der Waals surface area contributed by atoms with Gasteiger partial charge in [-0.15, -0.1) is 0 Å². The van der Waals surface area contributed by atoms with Crippen LogP contribution in [0.2, 0.25) is 5.02 Å². The quantitative estimate of drug-likeness (QED) is 0.465. The minimum Gasteiger partial charge on any atom is -0.466 e. The van der Waals surface area contributed by atoms with Crippen LogP contribution in [0.5, 0.6) is 0 Å². The highest BCUT2D eigenvalue weighted by atomic mass is 35.5. The number of nitrogens with one attached hydrogen (secondary N) is 1. The Bertz CT molecular complexity index is 1150. The molecule has 0 unspecified atom stereocenters. The molecule has 0 aliphatic heterocycles. The Morgan fingerprint density at radius 3 is 2.52 bits per heavy atom. The second-order valence-corrected chi connectivity index (χ2v) is 8.03. The molecule has 0 saturated heterocycles. The van der Waals surface area contributed by atoms with Crippen LogP contribution in [-0.4, -0.2) is 26.5 Å². The minimum absolute atomic E-state index is 0.0852. The SMILES string of the molecule is COC(=O)/C=C/c1ccc(S(=O)(=O)Nc2ccc(Cl)c(-c3ccccn3)c2)cc1. The zero-order chi connectivity index (χ0) is 20.9. The molecule has 8 heteroatoms. The fourth-order valence-corrected chi connectivity index (χ4v) is 3.78. The van der Waals surface area contributed by atoms with E-state index in [0.717, 1.165) is 0 Å². The molecule has 0 radical (unpaired) electrons. The van der Waals surface area contributed by atoms with Gasteiger partial charge in [-0.05, 0) is 54.1 Å². The molecule has 148 valence electrons. The Kier molecular flexibility index (Phi) is 6.31. The van der Waals surface area contributed by atoms with Gasteiger partial charge in [0.05, 0.1) is 22.7 Å². The minimum atomic E-state index is -3.81. The fourth-order valence-electron chi connectivity index (χ4n) is 2.51. The van der Waals surface area contributed by atoms with Crippen molar-refractivity contribution < 1.29 is 17.9 Å². The van der Waals surface area contributed by atoms with E-state index in [0.29, 0.717) is 27.5 Å². The van der Waals surface area contributed by atoms with Crippen LogP contribution < -0.4 is 4.72 Å². The van der Waals surface area contributed by atoms with Crippen molar-refractivity contribution >= 4 is 39.4 Å². The molecule has 0 spiro atoms. The molecule has 1 aromatic heterocycles. The number of carbonyl (C=O) groups is 1. The first-order chi connectivity index (χ1) is 13.9. The summed E-state index contributed by atoms with van der Waals surface area (Å²) in [5, 5.41) is 0.466. The molecular formula is C21H17ClN2O4S. The smallest absolute Gasteiger partial charge is 0.330 e. The maximum Gasteiger partial charge on any atom is 0.330 e. The number of nitrogens with zero attached hydrogens (tertiary/aromatic N) is 1. The van der Waals surface area contributed by atoms with E-state index in [9.17, 15) is 13.2 Å². The molecular weight excluding hydrogens is 412 g/mol. The second-order valence-electron chi connectivity index (χ2n) is 5.94. The van der Waals surface area contributed by atoms with Gasteiger partial charge in [0.2, 0.25) is 0 Å². The Morgan fingerprint density at radius 2 is 1.86 bits per heavy atom. The second kappa shape index (κ2) is 8.89. The highest BCUT2D eigenvalue weighted by molar-refractivity contribution is 7.92. The van der Waals surface area contributed by atoms with Crippen LogP contribution in [0.1, 0.15) is 5.56 Å². The van der Waals surface area contributed by atoms with Crippen molar-refractivity contribution in [2.75, 3.05) is 11.8 Å². The summed E-state index contributed by atoms with van der Waals surface area (Å²) in [6.07, 6.45) is 4.43. The normalized spacial score (nSPS) is 11.4. The van der Waals surface area contributed by atoms with Gasteiger partial charge in [-0.2, -0.15) is 0 Å². The van der Waals surface area contributed by atoms with E-state index in [2.05, 4.69) is 14.4 Å². The lowest BCUT2D eigenvalue weighted by atomic mass is 10.1. The van der Waals surface area contributed by atoms with Gasteiger partial charge in [0, 0.05) is 23.5 Å². The van der Waals surface area contributed by atoms with Crippen LogP contribution >= 0.6 is 11.6 Å².